The molecule has 0 aliphatic carbocycles. The van der Waals surface area contributed by atoms with Gasteiger partial charge in [-0.1, -0.05) is 30.3 Å². The molecule has 0 amide bonds. The predicted molar refractivity (Wildman–Crippen MR) is 104 cm³/mol. The number of likely N-dealkylation sites (N-methyl/N-ethyl adjacent to an activating group) is 1. The summed E-state index contributed by atoms with van der Waals surface area (Å²) in [7, 11) is 0.540. The number of benzene rings is 2. The van der Waals surface area contributed by atoms with Gasteiger partial charge in [0.2, 0.25) is 0 Å². The van der Waals surface area contributed by atoms with Crippen molar-refractivity contribution >= 4 is 20.9 Å². The van der Waals surface area contributed by atoms with E-state index in [1.165, 1.54) is 9.54 Å². The van der Waals surface area contributed by atoms with E-state index >= 15 is 0 Å². The molecule has 1 aliphatic rings. The van der Waals surface area contributed by atoms with Gasteiger partial charge in [-0.15, -0.1) is 0 Å². The van der Waals surface area contributed by atoms with Crippen LogP contribution < -0.4 is 0 Å². The normalized spacial score (nSPS) is 15.0. The molecule has 0 saturated heterocycles. The molecule has 0 unspecified atom stereocenters. The summed E-state index contributed by atoms with van der Waals surface area (Å²) in [6, 6.07) is 14.6. The van der Waals surface area contributed by atoms with Crippen molar-refractivity contribution in [1.29, 1.82) is 0 Å². The number of hydrogen-bond donors (Lipinski definition) is 0. The Bertz CT molecular complexity index is 1040. The van der Waals surface area contributed by atoms with E-state index in [2.05, 4.69) is 30.0 Å². The van der Waals surface area contributed by atoms with Crippen molar-refractivity contribution in [3.05, 3.63) is 65.9 Å². The first-order valence-electron chi connectivity index (χ1n) is 8.76. The second-order valence-corrected chi connectivity index (χ2v) is 8.91. The van der Waals surface area contributed by atoms with Gasteiger partial charge in [-0.3, -0.25) is 4.90 Å². The predicted octanol–water partition coefficient (Wildman–Crippen LogP) is 2.76. The van der Waals surface area contributed by atoms with Gasteiger partial charge in [0.05, 0.1) is 10.4 Å². The molecule has 1 aromatic heterocycles. The molecule has 136 valence electrons. The first kappa shape index (κ1) is 17.3. The second-order valence-electron chi connectivity index (χ2n) is 7.09. The minimum Gasteiger partial charge on any atom is -0.308 e. The maximum absolute atomic E-state index is 13.1. The number of rotatable bonds is 5. The monoisotopic (exact) mass is 369 g/mol. The molecule has 0 saturated carbocycles. The largest absolute Gasteiger partial charge is 0.308 e. The fourth-order valence-electron chi connectivity index (χ4n) is 3.61. The van der Waals surface area contributed by atoms with Crippen molar-refractivity contribution < 1.29 is 8.42 Å². The zero-order valence-electron chi connectivity index (χ0n) is 15.1. The lowest BCUT2D eigenvalue weighted by Crippen LogP contribution is -2.32. The van der Waals surface area contributed by atoms with Crippen LogP contribution in [-0.4, -0.2) is 49.4 Å². The maximum Gasteiger partial charge on any atom is 0.268 e. The van der Waals surface area contributed by atoms with Gasteiger partial charge in [0, 0.05) is 37.8 Å². The molecular formula is C20H23N3O2S. The zero-order valence-corrected chi connectivity index (χ0v) is 15.9. The van der Waals surface area contributed by atoms with Gasteiger partial charge in [0.15, 0.2) is 0 Å². The van der Waals surface area contributed by atoms with Crippen LogP contribution in [0.3, 0.4) is 0 Å². The fraction of sp³-hybridized carbons (Fsp3) is 0.300. The van der Waals surface area contributed by atoms with Crippen molar-refractivity contribution in [2.24, 2.45) is 0 Å². The molecule has 4 rings (SSSR count). The molecule has 0 bridgehead atoms. The fourth-order valence-corrected chi connectivity index (χ4v) is 5.02. The highest BCUT2D eigenvalue weighted by Gasteiger charge is 2.26. The smallest absolute Gasteiger partial charge is 0.268 e. The molecule has 0 N–H and O–H groups in total. The number of hydrogen-bond acceptors (Lipinski definition) is 4. The Hall–Kier alpha value is -2.15. The van der Waals surface area contributed by atoms with Gasteiger partial charge >= 0.3 is 0 Å². The van der Waals surface area contributed by atoms with E-state index in [0.29, 0.717) is 4.90 Å². The van der Waals surface area contributed by atoms with Crippen LogP contribution in [0.2, 0.25) is 0 Å². The summed E-state index contributed by atoms with van der Waals surface area (Å²) < 4.78 is 27.7. The molecule has 0 atom stereocenters. The van der Waals surface area contributed by atoms with E-state index < -0.39 is 10.0 Å². The molecule has 0 fully saturated rings. The SMILES string of the molecule is CN(C)CCN1Cc2cccc3c2c(cn3S(=O)(=O)c2ccccc2)C1. The molecule has 0 spiro atoms. The quantitative estimate of drug-likeness (QED) is 0.694. The summed E-state index contributed by atoms with van der Waals surface area (Å²) in [6.45, 7) is 3.57. The lowest BCUT2D eigenvalue weighted by molar-refractivity contribution is 0.223. The summed E-state index contributed by atoms with van der Waals surface area (Å²) in [4.78, 5) is 4.86. The van der Waals surface area contributed by atoms with E-state index in [0.717, 1.165) is 42.6 Å². The van der Waals surface area contributed by atoms with Crippen LogP contribution in [0.1, 0.15) is 11.1 Å². The third-order valence-corrected chi connectivity index (χ3v) is 6.60. The average Bonchev–Trinajstić information content (AvgIpc) is 3.02. The zero-order chi connectivity index (χ0) is 18.3. The highest BCUT2D eigenvalue weighted by Crippen LogP contribution is 2.33. The van der Waals surface area contributed by atoms with Crippen molar-refractivity contribution in [2.45, 2.75) is 18.0 Å². The van der Waals surface area contributed by atoms with Crippen LogP contribution >= 0.6 is 0 Å². The van der Waals surface area contributed by atoms with Crippen molar-refractivity contribution in [2.75, 3.05) is 27.2 Å². The number of nitrogens with zero attached hydrogens (tertiary/aromatic N) is 3. The Morgan fingerprint density at radius 3 is 2.42 bits per heavy atom. The third-order valence-electron chi connectivity index (χ3n) is 4.91. The Morgan fingerprint density at radius 1 is 0.962 bits per heavy atom. The summed E-state index contributed by atoms with van der Waals surface area (Å²) in [5, 5.41) is 1.09. The van der Waals surface area contributed by atoms with Crippen LogP contribution in [0.15, 0.2) is 59.6 Å². The Labute approximate surface area is 154 Å². The van der Waals surface area contributed by atoms with Gasteiger partial charge in [0.1, 0.15) is 0 Å². The molecule has 2 aromatic carbocycles. The van der Waals surface area contributed by atoms with Crippen LogP contribution in [-0.2, 0) is 23.1 Å². The van der Waals surface area contributed by atoms with Gasteiger partial charge in [-0.25, -0.2) is 12.4 Å². The molecule has 26 heavy (non-hydrogen) atoms. The summed E-state index contributed by atoms with van der Waals surface area (Å²) in [5.74, 6) is 0. The summed E-state index contributed by atoms with van der Waals surface area (Å²) >= 11 is 0. The highest BCUT2D eigenvalue weighted by molar-refractivity contribution is 7.90. The van der Waals surface area contributed by atoms with E-state index in [-0.39, 0.29) is 0 Å². The first-order valence-corrected chi connectivity index (χ1v) is 10.2. The lowest BCUT2D eigenvalue weighted by Gasteiger charge is -2.28. The van der Waals surface area contributed by atoms with E-state index in [1.807, 2.05) is 18.2 Å². The molecule has 1 aliphatic heterocycles. The average molecular weight is 369 g/mol. The first-order chi connectivity index (χ1) is 12.5. The summed E-state index contributed by atoms with van der Waals surface area (Å²) in [5.41, 5.74) is 3.05. The van der Waals surface area contributed by atoms with Crippen LogP contribution in [0.5, 0.6) is 0 Å². The molecule has 2 heterocycles. The van der Waals surface area contributed by atoms with Gasteiger partial charge in [-0.05, 0) is 43.4 Å². The van der Waals surface area contributed by atoms with Crippen molar-refractivity contribution in [1.82, 2.24) is 13.8 Å². The maximum atomic E-state index is 13.1. The van der Waals surface area contributed by atoms with E-state index in [9.17, 15) is 8.42 Å². The highest BCUT2D eigenvalue weighted by atomic mass is 32.2. The molecule has 0 radical (unpaired) electrons. The van der Waals surface area contributed by atoms with E-state index in [1.54, 1.807) is 30.5 Å². The minimum absolute atomic E-state index is 0.317. The minimum atomic E-state index is -3.60. The Morgan fingerprint density at radius 2 is 1.69 bits per heavy atom. The van der Waals surface area contributed by atoms with Crippen LogP contribution in [0.25, 0.3) is 10.9 Å². The van der Waals surface area contributed by atoms with Crippen LogP contribution in [0, 0.1) is 0 Å². The lowest BCUT2D eigenvalue weighted by atomic mass is 10.0. The number of aromatic nitrogens is 1. The summed E-state index contributed by atoms with van der Waals surface area (Å²) in [6.07, 6.45) is 1.80. The topological polar surface area (TPSA) is 45.5 Å². The van der Waals surface area contributed by atoms with Crippen LogP contribution in [0.4, 0.5) is 0 Å². The Balaban J connectivity index is 1.79. The molecule has 6 heteroatoms. The third kappa shape index (κ3) is 2.94. The van der Waals surface area contributed by atoms with Gasteiger partial charge in [0.25, 0.3) is 10.0 Å². The van der Waals surface area contributed by atoms with Crippen molar-refractivity contribution in [3.63, 3.8) is 0 Å². The van der Waals surface area contributed by atoms with E-state index in [4.69, 9.17) is 0 Å². The molecule has 3 aromatic rings. The standard InChI is InChI=1S/C20H23N3O2S/c1-21(2)11-12-22-13-16-7-6-10-19-20(16)17(14-22)15-23(19)26(24,25)18-8-4-3-5-9-18/h3-10,15H,11-14H2,1-2H3. The Kier molecular flexibility index (Phi) is 4.34. The molecular weight excluding hydrogens is 346 g/mol. The molecule has 5 nitrogen and oxygen atoms in total. The van der Waals surface area contributed by atoms with Gasteiger partial charge < -0.3 is 4.90 Å². The van der Waals surface area contributed by atoms with Gasteiger partial charge in [-0.2, -0.15) is 0 Å². The second kappa shape index (κ2) is 6.54. The van der Waals surface area contributed by atoms with Crippen molar-refractivity contribution in [3.8, 4) is 0 Å².